The minimum Gasteiger partial charge on any atom is -0.481 e. The van der Waals surface area contributed by atoms with Crippen molar-refractivity contribution in [2.75, 3.05) is 53.9 Å². The van der Waals surface area contributed by atoms with Gasteiger partial charge in [-0.2, -0.15) is 0 Å². The van der Waals surface area contributed by atoms with Crippen LogP contribution in [0.5, 0.6) is 0 Å². The third-order valence-corrected chi connectivity index (χ3v) is 4.20. The van der Waals surface area contributed by atoms with Gasteiger partial charge >= 0.3 is 12.1 Å². The van der Waals surface area contributed by atoms with Crippen molar-refractivity contribution in [1.29, 1.82) is 0 Å². The van der Waals surface area contributed by atoms with Gasteiger partial charge in [0, 0.05) is 38.8 Å². The van der Waals surface area contributed by atoms with E-state index < -0.39 is 17.0 Å². The van der Waals surface area contributed by atoms with Gasteiger partial charge in [-0.05, 0) is 62.7 Å². The summed E-state index contributed by atoms with van der Waals surface area (Å²) in [5.74, 6) is -0.804. The number of carboxylic acids is 1. The molecule has 0 spiro atoms. The lowest BCUT2D eigenvalue weighted by Crippen LogP contribution is -2.57. The first-order valence-electron chi connectivity index (χ1n) is 9.81. The second kappa shape index (κ2) is 13.5. The van der Waals surface area contributed by atoms with Gasteiger partial charge in [-0.15, -0.1) is 0 Å². The molecule has 1 amide bonds. The van der Waals surface area contributed by atoms with Crippen molar-refractivity contribution in [3.63, 3.8) is 0 Å². The SMILES string of the molecule is CC=O.CN.CN(CC1CN(C(=O)OC(C)(C)C)CCN1C)CC(C)(C)C(=O)O. The minimum atomic E-state index is -0.804. The molecule has 9 nitrogen and oxygen atoms in total. The zero-order valence-corrected chi connectivity index (χ0v) is 19.7. The Labute approximate surface area is 176 Å². The Bertz CT molecular complexity index is 506. The second-order valence-electron chi connectivity index (χ2n) is 8.68. The molecule has 1 saturated heterocycles. The highest BCUT2D eigenvalue weighted by Gasteiger charge is 2.33. The quantitative estimate of drug-likeness (QED) is 0.643. The molecular weight excluding hydrogens is 376 g/mol. The highest BCUT2D eigenvalue weighted by molar-refractivity contribution is 5.73. The van der Waals surface area contributed by atoms with Crippen molar-refractivity contribution in [3.05, 3.63) is 0 Å². The van der Waals surface area contributed by atoms with Crippen LogP contribution in [0.4, 0.5) is 4.79 Å². The van der Waals surface area contributed by atoms with E-state index in [2.05, 4.69) is 10.6 Å². The normalized spacial score (nSPS) is 17.5. The molecule has 0 aromatic carbocycles. The molecule has 1 aliphatic heterocycles. The van der Waals surface area contributed by atoms with Gasteiger partial charge in [0.1, 0.15) is 11.9 Å². The van der Waals surface area contributed by atoms with Gasteiger partial charge in [-0.1, -0.05) is 0 Å². The Hall–Kier alpha value is -1.71. The number of carbonyl (C=O) groups excluding carboxylic acids is 2. The highest BCUT2D eigenvalue weighted by atomic mass is 16.6. The van der Waals surface area contributed by atoms with E-state index >= 15 is 0 Å². The summed E-state index contributed by atoms with van der Waals surface area (Å²) >= 11 is 0. The summed E-state index contributed by atoms with van der Waals surface area (Å²) in [6, 6.07) is 0.154. The predicted molar refractivity (Wildman–Crippen MR) is 115 cm³/mol. The Morgan fingerprint density at radius 1 is 1.21 bits per heavy atom. The fourth-order valence-corrected chi connectivity index (χ4v) is 2.80. The largest absolute Gasteiger partial charge is 0.481 e. The van der Waals surface area contributed by atoms with Crippen LogP contribution in [0.3, 0.4) is 0 Å². The molecule has 0 aromatic heterocycles. The van der Waals surface area contributed by atoms with Gasteiger partial charge in [0.25, 0.3) is 0 Å². The van der Waals surface area contributed by atoms with Crippen molar-refractivity contribution >= 4 is 18.3 Å². The lowest BCUT2D eigenvalue weighted by molar-refractivity contribution is -0.147. The van der Waals surface area contributed by atoms with Crippen LogP contribution < -0.4 is 5.73 Å². The number of piperazine rings is 1. The average molecular weight is 419 g/mol. The van der Waals surface area contributed by atoms with Gasteiger partial charge in [0.05, 0.1) is 5.41 Å². The van der Waals surface area contributed by atoms with Gasteiger partial charge in [-0.25, -0.2) is 4.79 Å². The summed E-state index contributed by atoms with van der Waals surface area (Å²) in [6.45, 7) is 13.6. The fraction of sp³-hybridized carbons (Fsp3) is 0.850. The number of aldehydes is 1. The number of rotatable bonds is 5. The Morgan fingerprint density at radius 3 is 2.10 bits per heavy atom. The van der Waals surface area contributed by atoms with Crippen LogP contribution in [0, 0.1) is 5.41 Å². The maximum atomic E-state index is 12.3. The molecule has 0 aromatic rings. The van der Waals surface area contributed by atoms with E-state index in [1.165, 1.54) is 14.0 Å². The highest BCUT2D eigenvalue weighted by Crippen LogP contribution is 2.18. The molecule has 3 N–H and O–H groups in total. The molecule has 0 radical (unpaired) electrons. The Balaban J connectivity index is 0. The van der Waals surface area contributed by atoms with Crippen molar-refractivity contribution in [2.24, 2.45) is 11.1 Å². The number of carboxylic acid groups (broad SMARTS) is 1. The summed E-state index contributed by atoms with van der Waals surface area (Å²) in [4.78, 5) is 38.3. The molecule has 0 saturated carbocycles. The molecule has 9 heteroatoms. The molecule has 29 heavy (non-hydrogen) atoms. The summed E-state index contributed by atoms with van der Waals surface area (Å²) in [5.41, 5.74) is 3.20. The Morgan fingerprint density at radius 2 is 1.69 bits per heavy atom. The lowest BCUT2D eigenvalue weighted by Gasteiger charge is -2.41. The summed E-state index contributed by atoms with van der Waals surface area (Å²) in [6.07, 6.45) is 0.467. The van der Waals surface area contributed by atoms with Crippen LogP contribution in [0.15, 0.2) is 0 Å². The van der Waals surface area contributed by atoms with Crippen LogP contribution in [0.2, 0.25) is 0 Å². The third-order valence-electron chi connectivity index (χ3n) is 4.20. The third kappa shape index (κ3) is 12.5. The molecule has 1 aliphatic rings. The fourth-order valence-electron chi connectivity index (χ4n) is 2.80. The van der Waals surface area contributed by atoms with E-state index in [-0.39, 0.29) is 12.1 Å². The molecule has 1 unspecified atom stereocenters. The molecule has 172 valence electrons. The number of hydrogen-bond donors (Lipinski definition) is 2. The first-order valence-corrected chi connectivity index (χ1v) is 9.81. The van der Waals surface area contributed by atoms with Crippen LogP contribution in [-0.2, 0) is 14.3 Å². The predicted octanol–water partition coefficient (Wildman–Crippen LogP) is 1.36. The van der Waals surface area contributed by atoms with Crippen molar-refractivity contribution in [3.8, 4) is 0 Å². The number of hydrogen-bond acceptors (Lipinski definition) is 7. The molecule has 1 atom stereocenters. The van der Waals surface area contributed by atoms with Crippen LogP contribution in [0.1, 0.15) is 41.5 Å². The van der Waals surface area contributed by atoms with E-state index in [0.717, 1.165) is 12.8 Å². The zero-order chi connectivity index (χ0) is 23.4. The minimum absolute atomic E-state index is 0.154. The smallest absolute Gasteiger partial charge is 0.410 e. The van der Waals surface area contributed by atoms with Gasteiger partial charge in [-0.3, -0.25) is 9.69 Å². The maximum Gasteiger partial charge on any atom is 0.410 e. The standard InChI is InChI=1S/C17H33N3O4.C2H4O.CH5N/c1-16(2,3)24-15(23)20-9-8-19(7)13(11-20)10-18(6)12-17(4,5)14(21)22;1-2-3;1-2/h13H,8-12H2,1-7H3,(H,21,22);2H,1H3;2H2,1H3. The number of likely N-dealkylation sites (N-methyl/N-ethyl adjacent to an activating group) is 2. The molecular formula is C20H42N4O5. The lowest BCUT2D eigenvalue weighted by atomic mass is 9.93. The average Bonchev–Trinajstić information content (AvgIpc) is 2.57. The van der Waals surface area contributed by atoms with Crippen LogP contribution in [0.25, 0.3) is 0 Å². The number of amides is 1. The zero-order valence-electron chi connectivity index (χ0n) is 19.7. The van der Waals surface area contributed by atoms with Crippen LogP contribution in [-0.4, -0.2) is 104 Å². The second-order valence-corrected chi connectivity index (χ2v) is 8.68. The molecule has 1 fully saturated rings. The van der Waals surface area contributed by atoms with Crippen molar-refractivity contribution in [1.82, 2.24) is 14.7 Å². The van der Waals surface area contributed by atoms with E-state index in [9.17, 15) is 14.7 Å². The van der Waals surface area contributed by atoms with Gasteiger partial charge in [0.2, 0.25) is 0 Å². The van der Waals surface area contributed by atoms with Crippen LogP contribution >= 0.6 is 0 Å². The molecule has 0 aliphatic carbocycles. The Kier molecular flexibility index (Phi) is 13.7. The van der Waals surface area contributed by atoms with E-state index in [1.54, 1.807) is 18.7 Å². The molecule has 1 rings (SSSR count). The number of nitrogens with zero attached hydrogens (tertiary/aromatic N) is 3. The van der Waals surface area contributed by atoms with E-state index in [4.69, 9.17) is 9.53 Å². The van der Waals surface area contributed by atoms with E-state index in [1.807, 2.05) is 39.8 Å². The van der Waals surface area contributed by atoms with Crippen molar-refractivity contribution < 1.29 is 24.2 Å². The summed E-state index contributed by atoms with van der Waals surface area (Å²) in [5, 5.41) is 9.26. The van der Waals surface area contributed by atoms with Gasteiger partial charge in [0.15, 0.2) is 0 Å². The number of nitrogens with two attached hydrogens (primary N) is 1. The monoisotopic (exact) mass is 418 g/mol. The molecule has 1 heterocycles. The van der Waals surface area contributed by atoms with Gasteiger partial charge < -0.3 is 30.2 Å². The van der Waals surface area contributed by atoms with E-state index in [0.29, 0.717) is 26.2 Å². The first kappa shape index (κ1) is 29.5. The topological polar surface area (TPSA) is 116 Å². The maximum absolute atomic E-state index is 12.3. The van der Waals surface area contributed by atoms with Crippen molar-refractivity contribution in [2.45, 2.75) is 53.2 Å². The number of aliphatic carboxylic acids is 1. The molecule has 0 bridgehead atoms. The summed E-state index contributed by atoms with van der Waals surface area (Å²) in [7, 11) is 5.46. The summed E-state index contributed by atoms with van der Waals surface area (Å²) < 4.78 is 5.45. The number of carbonyl (C=O) groups is 3. The number of ether oxygens (including phenoxy) is 1. The first-order chi connectivity index (χ1) is 13.2.